The maximum absolute atomic E-state index is 8.77. The number of benzene rings is 1. The predicted octanol–water partition coefficient (Wildman–Crippen LogP) is 1.06. The van der Waals surface area contributed by atoms with Crippen LogP contribution in [0.2, 0.25) is 0 Å². The second kappa shape index (κ2) is 2.19. The monoisotopic (exact) mass is 118 g/mol. The molecule has 1 N–H and O–H groups in total. The Morgan fingerprint density at radius 3 is 2.89 bits per heavy atom. The van der Waals surface area contributed by atoms with E-state index in [0.29, 0.717) is 5.56 Å². The van der Waals surface area contributed by atoms with Crippen LogP contribution in [0.3, 0.4) is 0 Å². The van der Waals surface area contributed by atoms with Gasteiger partial charge < -0.3 is 5.11 Å². The van der Waals surface area contributed by atoms with Gasteiger partial charge in [-0.1, -0.05) is 0 Å². The summed E-state index contributed by atoms with van der Waals surface area (Å²) >= 11 is 0. The van der Waals surface area contributed by atoms with E-state index in [1.54, 1.807) is 0 Å². The number of aromatic hydroxyl groups is 1. The average Bonchev–Trinajstić information content (AvgIpc) is 1.88. The van der Waals surface area contributed by atoms with E-state index >= 15 is 0 Å². The number of hydrogen-bond acceptors (Lipinski definition) is 2. The number of phenols is 1. The second-order valence-corrected chi connectivity index (χ2v) is 1.57. The van der Waals surface area contributed by atoms with E-state index < -0.39 is 0 Å². The molecule has 0 saturated carbocycles. The highest BCUT2D eigenvalue weighted by Crippen LogP contribution is 2.08. The molecule has 1 aromatic rings. The fourth-order valence-corrected chi connectivity index (χ4v) is 0.519. The zero-order chi connectivity index (χ0) is 6.69. The molecule has 43 valence electrons. The predicted molar refractivity (Wildman–Crippen MR) is 31.7 cm³/mol. The molecule has 0 amide bonds. The molecule has 0 unspecified atom stereocenters. The first-order valence-electron chi connectivity index (χ1n) is 2.44. The summed E-state index contributed by atoms with van der Waals surface area (Å²) in [5.41, 5.74) is 0.356. The molecule has 0 bridgehead atoms. The molecule has 2 nitrogen and oxygen atoms in total. The van der Waals surface area contributed by atoms with Crippen molar-refractivity contribution in [2.75, 3.05) is 0 Å². The minimum Gasteiger partial charge on any atom is -0.508 e. The summed E-state index contributed by atoms with van der Waals surface area (Å²) in [6.07, 6.45) is 0. The highest BCUT2D eigenvalue weighted by molar-refractivity contribution is 5.34. The Balaban J connectivity index is 3.12. The van der Waals surface area contributed by atoms with Gasteiger partial charge in [0, 0.05) is 6.07 Å². The maximum Gasteiger partial charge on any atom is 0.116 e. The van der Waals surface area contributed by atoms with E-state index in [1.807, 2.05) is 6.07 Å². The molecular formula is C7H4NO. The number of hydrogen-bond donors (Lipinski definition) is 1. The molecule has 1 rings (SSSR count). The lowest BCUT2D eigenvalue weighted by atomic mass is 10.2. The van der Waals surface area contributed by atoms with Gasteiger partial charge >= 0.3 is 0 Å². The maximum atomic E-state index is 8.77. The Kier molecular flexibility index (Phi) is 1.37. The molecule has 1 aromatic carbocycles. The normalized spacial score (nSPS) is 8.33. The van der Waals surface area contributed by atoms with Crippen molar-refractivity contribution in [2.24, 2.45) is 0 Å². The second-order valence-electron chi connectivity index (χ2n) is 1.57. The van der Waals surface area contributed by atoms with E-state index in [-0.39, 0.29) is 5.75 Å². The largest absolute Gasteiger partial charge is 0.508 e. The van der Waals surface area contributed by atoms with Crippen LogP contribution in [-0.4, -0.2) is 5.11 Å². The zero-order valence-electron chi connectivity index (χ0n) is 4.63. The summed E-state index contributed by atoms with van der Waals surface area (Å²) in [6, 6.07) is 8.83. The molecule has 0 aliphatic rings. The third-order valence-corrected chi connectivity index (χ3v) is 0.906. The van der Waals surface area contributed by atoms with Gasteiger partial charge in [0.05, 0.1) is 11.6 Å². The molecule has 1 radical (unpaired) electrons. The standard InChI is InChI=1S/C7H4NO/c8-5-6-2-1-3-7(9)4-6/h1,3-4,9H. The lowest BCUT2D eigenvalue weighted by Crippen LogP contribution is -1.70. The van der Waals surface area contributed by atoms with Crippen molar-refractivity contribution < 1.29 is 5.11 Å². The van der Waals surface area contributed by atoms with Gasteiger partial charge in [-0.3, -0.25) is 0 Å². The first-order valence-corrected chi connectivity index (χ1v) is 2.44. The summed E-state index contributed by atoms with van der Waals surface area (Å²) in [5.74, 6) is 0.102. The van der Waals surface area contributed by atoms with Crippen LogP contribution in [0.4, 0.5) is 0 Å². The highest BCUT2D eigenvalue weighted by Gasteiger charge is 1.88. The number of phenolic OH excluding ortho intramolecular Hbond substituents is 1. The molecule has 2 heteroatoms. The van der Waals surface area contributed by atoms with Crippen molar-refractivity contribution in [3.05, 3.63) is 29.8 Å². The molecule has 0 aromatic heterocycles. The summed E-state index contributed by atoms with van der Waals surface area (Å²) in [7, 11) is 0. The van der Waals surface area contributed by atoms with Gasteiger partial charge in [-0.2, -0.15) is 5.26 Å². The van der Waals surface area contributed by atoms with E-state index in [1.165, 1.54) is 18.2 Å². The van der Waals surface area contributed by atoms with Crippen molar-refractivity contribution in [1.29, 1.82) is 5.26 Å². The molecule has 0 heterocycles. The third kappa shape index (κ3) is 1.20. The van der Waals surface area contributed by atoms with Gasteiger partial charge in [0.2, 0.25) is 0 Å². The third-order valence-electron chi connectivity index (χ3n) is 0.906. The van der Waals surface area contributed by atoms with Gasteiger partial charge in [0.15, 0.2) is 0 Å². The van der Waals surface area contributed by atoms with Gasteiger partial charge in [0.1, 0.15) is 5.75 Å². The SMILES string of the molecule is N#Cc1[c]ccc(O)c1. The quantitative estimate of drug-likeness (QED) is 0.553. The summed E-state index contributed by atoms with van der Waals surface area (Å²) < 4.78 is 0. The van der Waals surface area contributed by atoms with E-state index in [0.717, 1.165) is 0 Å². The summed E-state index contributed by atoms with van der Waals surface area (Å²) in [4.78, 5) is 0. The topological polar surface area (TPSA) is 44.0 Å². The van der Waals surface area contributed by atoms with E-state index in [9.17, 15) is 0 Å². The van der Waals surface area contributed by atoms with Crippen LogP contribution in [0.15, 0.2) is 18.2 Å². The highest BCUT2D eigenvalue weighted by atomic mass is 16.3. The molecule has 0 aliphatic heterocycles. The molecular weight excluding hydrogens is 114 g/mol. The van der Waals surface area contributed by atoms with Crippen molar-refractivity contribution in [3.8, 4) is 11.8 Å². The van der Waals surface area contributed by atoms with Gasteiger partial charge in [0.25, 0.3) is 0 Å². The van der Waals surface area contributed by atoms with Crippen molar-refractivity contribution >= 4 is 0 Å². The van der Waals surface area contributed by atoms with Crippen LogP contribution in [0.5, 0.6) is 5.75 Å². The Bertz CT molecular complexity index is 249. The van der Waals surface area contributed by atoms with Crippen LogP contribution in [0, 0.1) is 17.4 Å². The minimum atomic E-state index is 0.102. The Morgan fingerprint density at radius 2 is 2.44 bits per heavy atom. The number of nitrogens with zero attached hydrogens (tertiary/aromatic N) is 1. The lowest BCUT2D eigenvalue weighted by Gasteiger charge is -1.87. The first-order chi connectivity index (χ1) is 4.33. The average molecular weight is 118 g/mol. The summed E-state index contributed by atoms with van der Waals surface area (Å²) in [6.45, 7) is 0. The molecule has 0 atom stereocenters. The van der Waals surface area contributed by atoms with Gasteiger partial charge in [-0.15, -0.1) is 0 Å². The van der Waals surface area contributed by atoms with Gasteiger partial charge in [-0.25, -0.2) is 0 Å². The van der Waals surface area contributed by atoms with Crippen LogP contribution in [0.25, 0.3) is 0 Å². The molecule has 0 saturated heterocycles. The fourth-order valence-electron chi connectivity index (χ4n) is 0.519. The fraction of sp³-hybridized carbons (Fsp3) is 0. The van der Waals surface area contributed by atoms with Crippen molar-refractivity contribution in [2.45, 2.75) is 0 Å². The Labute approximate surface area is 53.0 Å². The molecule has 0 aliphatic carbocycles. The first kappa shape index (κ1) is 5.64. The van der Waals surface area contributed by atoms with Crippen molar-refractivity contribution in [3.63, 3.8) is 0 Å². The van der Waals surface area contributed by atoms with E-state index in [2.05, 4.69) is 6.07 Å². The molecule has 9 heavy (non-hydrogen) atoms. The van der Waals surface area contributed by atoms with Crippen LogP contribution in [0.1, 0.15) is 5.56 Å². The van der Waals surface area contributed by atoms with Gasteiger partial charge in [-0.05, 0) is 18.2 Å². The van der Waals surface area contributed by atoms with Crippen molar-refractivity contribution in [1.82, 2.24) is 0 Å². The Hall–Kier alpha value is -1.49. The Morgan fingerprint density at radius 1 is 1.67 bits per heavy atom. The smallest absolute Gasteiger partial charge is 0.116 e. The summed E-state index contributed by atoms with van der Waals surface area (Å²) in [5, 5.41) is 17.0. The molecule has 0 fully saturated rings. The lowest BCUT2D eigenvalue weighted by molar-refractivity contribution is 0.475. The zero-order valence-corrected chi connectivity index (χ0v) is 4.63. The number of nitriles is 1. The van der Waals surface area contributed by atoms with Crippen LogP contribution < -0.4 is 0 Å². The van der Waals surface area contributed by atoms with E-state index in [4.69, 9.17) is 10.4 Å². The molecule has 0 spiro atoms. The minimum absolute atomic E-state index is 0.102. The van der Waals surface area contributed by atoms with Crippen LogP contribution in [-0.2, 0) is 0 Å². The van der Waals surface area contributed by atoms with Crippen LogP contribution >= 0.6 is 0 Å². The number of rotatable bonds is 0.